The summed E-state index contributed by atoms with van der Waals surface area (Å²) in [5.41, 5.74) is 1.02. The van der Waals surface area contributed by atoms with Gasteiger partial charge in [-0.25, -0.2) is 9.78 Å². The molecule has 0 bridgehead atoms. The zero-order valence-electron chi connectivity index (χ0n) is 11.2. The first-order chi connectivity index (χ1) is 8.99. The van der Waals surface area contributed by atoms with E-state index < -0.39 is 5.97 Å². The molecule has 1 aromatic rings. The highest BCUT2D eigenvalue weighted by Crippen LogP contribution is 2.16. The van der Waals surface area contributed by atoms with Crippen molar-refractivity contribution >= 4 is 23.3 Å². The molecule has 0 atom stereocenters. The first-order valence-electron chi connectivity index (χ1n) is 6.15. The molecule has 0 aliphatic heterocycles. The monoisotopic (exact) mass is 285 g/mol. The molecule has 0 aromatic carbocycles. The highest BCUT2D eigenvalue weighted by atomic mass is 32.1. The summed E-state index contributed by atoms with van der Waals surface area (Å²) in [6.45, 7) is 4.85. The number of nitrogens with zero attached hydrogens (tertiary/aromatic N) is 1. The highest BCUT2D eigenvalue weighted by molar-refractivity contribution is 7.11. The molecule has 0 saturated carbocycles. The Labute approximate surface area is 116 Å². The number of amides is 2. The smallest absolute Gasteiger partial charge is 0.314 e. The number of hydrogen-bond donors (Lipinski definition) is 3. The lowest BCUT2D eigenvalue weighted by atomic mass is 10.3. The van der Waals surface area contributed by atoms with Crippen LogP contribution in [0.1, 0.15) is 28.4 Å². The topological polar surface area (TPSA) is 91.3 Å². The van der Waals surface area contributed by atoms with Gasteiger partial charge in [0.1, 0.15) is 0 Å². The summed E-state index contributed by atoms with van der Waals surface area (Å²) in [5.74, 6) is -0.849. The van der Waals surface area contributed by atoms with Crippen LogP contribution in [0.3, 0.4) is 0 Å². The van der Waals surface area contributed by atoms with Crippen LogP contribution in [0, 0.1) is 13.8 Å². The predicted octanol–water partition coefficient (Wildman–Crippen LogP) is 1.47. The van der Waals surface area contributed by atoms with Crippen LogP contribution in [0.5, 0.6) is 0 Å². The summed E-state index contributed by atoms with van der Waals surface area (Å²) in [6, 6.07) is -0.260. The van der Waals surface area contributed by atoms with Gasteiger partial charge in [0.25, 0.3) is 0 Å². The van der Waals surface area contributed by atoms with Crippen molar-refractivity contribution in [2.24, 2.45) is 0 Å². The van der Waals surface area contributed by atoms with E-state index in [0.717, 1.165) is 17.1 Å². The molecule has 1 rings (SSSR count). The Hall–Kier alpha value is -1.63. The van der Waals surface area contributed by atoms with Crippen LogP contribution in [0.15, 0.2) is 0 Å². The van der Waals surface area contributed by atoms with Crippen LogP contribution < -0.4 is 10.6 Å². The Bertz CT molecular complexity index is 445. The minimum absolute atomic E-state index is 0.0691. The molecule has 0 radical (unpaired) electrons. The van der Waals surface area contributed by atoms with Crippen molar-refractivity contribution in [3.8, 4) is 0 Å². The van der Waals surface area contributed by atoms with E-state index in [1.54, 1.807) is 11.3 Å². The number of thiazole rings is 1. The van der Waals surface area contributed by atoms with Crippen molar-refractivity contribution in [3.63, 3.8) is 0 Å². The summed E-state index contributed by atoms with van der Waals surface area (Å²) in [5, 5.41) is 14.8. The number of hydrogen-bond acceptors (Lipinski definition) is 4. The Balaban J connectivity index is 2.13. The molecule has 0 fully saturated rings. The average Bonchev–Trinajstić information content (AvgIpc) is 2.63. The molecular formula is C12H19N3O3S. The van der Waals surface area contributed by atoms with Crippen LogP contribution >= 0.6 is 11.3 Å². The molecule has 1 heterocycles. The molecule has 6 nitrogen and oxygen atoms in total. The Morgan fingerprint density at radius 1 is 1.26 bits per heavy atom. The molecular weight excluding hydrogens is 266 g/mol. The number of urea groups is 1. The largest absolute Gasteiger partial charge is 0.481 e. The minimum atomic E-state index is -0.849. The number of aromatic nitrogens is 1. The number of carboxylic acid groups (broad SMARTS) is 1. The van der Waals surface area contributed by atoms with Gasteiger partial charge in [-0.05, 0) is 20.3 Å². The maximum atomic E-state index is 11.4. The third kappa shape index (κ3) is 6.19. The fraction of sp³-hybridized carbons (Fsp3) is 0.583. The zero-order chi connectivity index (χ0) is 14.3. The number of carboxylic acids is 1. The van der Waals surface area contributed by atoms with E-state index in [1.807, 2.05) is 13.8 Å². The molecule has 7 heteroatoms. The molecule has 3 N–H and O–H groups in total. The number of aryl methyl sites for hydroxylation is 2. The highest BCUT2D eigenvalue weighted by Gasteiger charge is 2.05. The van der Waals surface area contributed by atoms with Gasteiger partial charge in [0, 0.05) is 30.8 Å². The fourth-order valence-electron chi connectivity index (χ4n) is 1.60. The average molecular weight is 285 g/mol. The summed E-state index contributed by atoms with van der Waals surface area (Å²) in [6.07, 6.45) is 1.27. The second-order valence-corrected chi connectivity index (χ2v) is 5.46. The zero-order valence-corrected chi connectivity index (χ0v) is 12.0. The number of rotatable bonds is 7. The molecule has 0 unspecified atom stereocenters. The maximum absolute atomic E-state index is 11.4. The van der Waals surface area contributed by atoms with E-state index >= 15 is 0 Å². The van der Waals surface area contributed by atoms with E-state index in [2.05, 4.69) is 15.6 Å². The molecule has 0 aliphatic rings. The van der Waals surface area contributed by atoms with Gasteiger partial charge >= 0.3 is 12.0 Å². The second kappa shape index (κ2) is 7.73. The van der Waals surface area contributed by atoms with Gasteiger partial charge < -0.3 is 15.7 Å². The SMILES string of the molecule is Cc1nc(C)c(CCNC(=O)NCCCC(=O)O)s1. The Morgan fingerprint density at radius 2 is 1.95 bits per heavy atom. The van der Waals surface area contributed by atoms with Crippen LogP contribution in [0.25, 0.3) is 0 Å². The van der Waals surface area contributed by atoms with Gasteiger partial charge in [-0.2, -0.15) is 0 Å². The normalized spacial score (nSPS) is 10.2. The maximum Gasteiger partial charge on any atom is 0.314 e. The lowest BCUT2D eigenvalue weighted by Crippen LogP contribution is -2.37. The second-order valence-electron chi connectivity index (χ2n) is 4.17. The van der Waals surface area contributed by atoms with Crippen LogP contribution in [-0.2, 0) is 11.2 Å². The number of carbonyl (C=O) groups excluding carboxylic acids is 1. The first-order valence-corrected chi connectivity index (χ1v) is 6.97. The van der Waals surface area contributed by atoms with Crippen molar-refractivity contribution in [1.29, 1.82) is 0 Å². The minimum Gasteiger partial charge on any atom is -0.481 e. The molecule has 0 aliphatic carbocycles. The first kappa shape index (κ1) is 15.4. The lowest BCUT2D eigenvalue weighted by Gasteiger charge is -2.06. The third-order valence-corrected chi connectivity index (χ3v) is 3.62. The Morgan fingerprint density at radius 3 is 2.53 bits per heavy atom. The number of aliphatic carboxylic acids is 1. The quantitative estimate of drug-likeness (QED) is 0.661. The van der Waals surface area contributed by atoms with Crippen molar-refractivity contribution in [2.45, 2.75) is 33.1 Å². The number of nitrogens with one attached hydrogen (secondary N) is 2. The van der Waals surface area contributed by atoms with Gasteiger partial charge in [0.15, 0.2) is 0 Å². The van der Waals surface area contributed by atoms with E-state index in [0.29, 0.717) is 19.5 Å². The molecule has 0 spiro atoms. The fourth-order valence-corrected chi connectivity index (χ4v) is 2.54. The van der Waals surface area contributed by atoms with Gasteiger partial charge in [-0.1, -0.05) is 0 Å². The van der Waals surface area contributed by atoms with Crippen molar-refractivity contribution in [3.05, 3.63) is 15.6 Å². The van der Waals surface area contributed by atoms with Crippen molar-refractivity contribution in [2.75, 3.05) is 13.1 Å². The summed E-state index contributed by atoms with van der Waals surface area (Å²) in [4.78, 5) is 27.2. The van der Waals surface area contributed by atoms with Gasteiger partial charge in [0.2, 0.25) is 0 Å². The van der Waals surface area contributed by atoms with E-state index in [-0.39, 0.29) is 12.5 Å². The van der Waals surface area contributed by atoms with Crippen molar-refractivity contribution in [1.82, 2.24) is 15.6 Å². The standard InChI is InChI=1S/C12H19N3O3S/c1-8-10(19-9(2)15-8)5-7-14-12(18)13-6-3-4-11(16)17/h3-7H2,1-2H3,(H,16,17)(H2,13,14,18). The van der Waals surface area contributed by atoms with Crippen LogP contribution in [0.4, 0.5) is 4.79 Å². The van der Waals surface area contributed by atoms with Gasteiger partial charge in [-0.3, -0.25) is 4.79 Å². The number of carbonyl (C=O) groups is 2. The summed E-state index contributed by atoms with van der Waals surface area (Å²) >= 11 is 1.64. The van der Waals surface area contributed by atoms with Crippen LogP contribution in [-0.4, -0.2) is 35.2 Å². The lowest BCUT2D eigenvalue weighted by molar-refractivity contribution is -0.137. The Kier molecular flexibility index (Phi) is 6.27. The molecule has 106 valence electrons. The van der Waals surface area contributed by atoms with E-state index in [1.165, 1.54) is 4.88 Å². The molecule has 2 amide bonds. The van der Waals surface area contributed by atoms with E-state index in [4.69, 9.17) is 5.11 Å². The molecule has 0 saturated heterocycles. The molecule has 1 aromatic heterocycles. The van der Waals surface area contributed by atoms with Crippen molar-refractivity contribution < 1.29 is 14.7 Å². The van der Waals surface area contributed by atoms with E-state index in [9.17, 15) is 9.59 Å². The molecule has 19 heavy (non-hydrogen) atoms. The van der Waals surface area contributed by atoms with Gasteiger partial charge in [0.05, 0.1) is 10.7 Å². The predicted molar refractivity (Wildman–Crippen MR) is 73.6 cm³/mol. The summed E-state index contributed by atoms with van der Waals surface area (Å²) < 4.78 is 0. The summed E-state index contributed by atoms with van der Waals surface area (Å²) in [7, 11) is 0. The van der Waals surface area contributed by atoms with Crippen LogP contribution in [0.2, 0.25) is 0 Å². The van der Waals surface area contributed by atoms with Gasteiger partial charge in [-0.15, -0.1) is 11.3 Å². The third-order valence-electron chi connectivity index (χ3n) is 2.49.